The van der Waals surface area contributed by atoms with E-state index in [-0.39, 0.29) is 0 Å². The summed E-state index contributed by atoms with van der Waals surface area (Å²) < 4.78 is 13.3. The summed E-state index contributed by atoms with van der Waals surface area (Å²) in [6.07, 6.45) is 0. The third kappa shape index (κ3) is 4.37. The maximum Gasteiger partial charge on any atom is 0.136 e. The highest BCUT2D eigenvalue weighted by molar-refractivity contribution is 6.33. The summed E-state index contributed by atoms with van der Waals surface area (Å²) in [5.41, 5.74) is 8.35. The Morgan fingerprint density at radius 2 is 0.683 bits per heavy atom. The number of hydrogen-bond acceptors (Lipinski definition) is 2. The minimum Gasteiger partial charge on any atom is -0.456 e. The van der Waals surface area contributed by atoms with Crippen LogP contribution in [0.1, 0.15) is 0 Å². The zero-order chi connectivity index (χ0) is 39.1. The highest BCUT2D eigenvalue weighted by Gasteiger charge is 2.20. The number of furan rings is 2. The van der Waals surface area contributed by atoms with Crippen molar-refractivity contribution in [3.8, 4) is 22.3 Å². The van der Waals surface area contributed by atoms with Crippen LogP contribution in [0.3, 0.4) is 0 Å². The summed E-state index contributed by atoms with van der Waals surface area (Å²) in [6, 6.07) is 70.9. The lowest BCUT2D eigenvalue weighted by Crippen LogP contribution is -1.90. The molecule has 0 unspecified atom stereocenters. The molecule has 0 bridgehead atoms. The molecule has 0 amide bonds. The summed E-state index contributed by atoms with van der Waals surface area (Å²) in [5.74, 6) is 0. The van der Waals surface area contributed by atoms with Crippen molar-refractivity contribution in [3.63, 3.8) is 0 Å². The first kappa shape index (κ1) is 32.1. The second kappa shape index (κ2) is 11.8. The van der Waals surface area contributed by atoms with Crippen LogP contribution in [0.2, 0.25) is 0 Å². The van der Waals surface area contributed by atoms with E-state index in [0.717, 1.165) is 49.4 Å². The van der Waals surface area contributed by atoms with Gasteiger partial charge < -0.3 is 8.83 Å². The molecule has 0 spiro atoms. The topological polar surface area (TPSA) is 26.3 Å². The van der Waals surface area contributed by atoms with Crippen LogP contribution >= 0.6 is 0 Å². The van der Waals surface area contributed by atoms with Gasteiger partial charge >= 0.3 is 0 Å². The first-order chi connectivity index (χ1) is 29.7. The van der Waals surface area contributed by atoms with Gasteiger partial charge in [0.05, 0.1) is 0 Å². The van der Waals surface area contributed by atoms with Crippen molar-refractivity contribution in [2.45, 2.75) is 0 Å². The first-order valence-electron chi connectivity index (χ1n) is 20.6. The molecule has 0 atom stereocenters. The Morgan fingerprint density at radius 3 is 1.42 bits per heavy atom. The summed E-state index contributed by atoms with van der Waals surface area (Å²) in [6.45, 7) is 0. The monoisotopic (exact) mass is 760 g/mol. The first-order valence-corrected chi connectivity index (χ1v) is 20.6. The molecule has 0 saturated heterocycles. The largest absolute Gasteiger partial charge is 0.456 e. The second-order valence-corrected chi connectivity index (χ2v) is 16.3. The Balaban J connectivity index is 0.995. The van der Waals surface area contributed by atoms with Crippen LogP contribution in [0, 0.1) is 0 Å². The Bertz CT molecular complexity index is 4120. The average Bonchev–Trinajstić information content (AvgIpc) is 3.85. The van der Waals surface area contributed by atoms with Gasteiger partial charge in [0, 0.05) is 21.5 Å². The lowest BCUT2D eigenvalue weighted by molar-refractivity contribution is 0.669. The van der Waals surface area contributed by atoms with Gasteiger partial charge in [-0.3, -0.25) is 0 Å². The molecule has 0 fully saturated rings. The molecule has 14 aromatic rings. The molecule has 0 saturated carbocycles. The maximum atomic E-state index is 6.86. The highest BCUT2D eigenvalue weighted by Crippen LogP contribution is 2.47. The second-order valence-electron chi connectivity index (χ2n) is 16.3. The Labute approximate surface area is 343 Å². The Kier molecular flexibility index (Phi) is 6.32. The van der Waals surface area contributed by atoms with Gasteiger partial charge in [0.25, 0.3) is 0 Å². The highest BCUT2D eigenvalue weighted by atomic mass is 16.3. The van der Waals surface area contributed by atoms with E-state index in [1.54, 1.807) is 0 Å². The van der Waals surface area contributed by atoms with Crippen LogP contribution < -0.4 is 0 Å². The van der Waals surface area contributed by atoms with Crippen LogP contribution in [0.4, 0.5) is 0 Å². The summed E-state index contributed by atoms with van der Waals surface area (Å²) >= 11 is 0. The third-order valence-electron chi connectivity index (χ3n) is 13.2. The molecule has 12 aromatic carbocycles. The smallest absolute Gasteiger partial charge is 0.136 e. The van der Waals surface area contributed by atoms with Crippen molar-refractivity contribution in [3.05, 3.63) is 194 Å². The van der Waals surface area contributed by atoms with E-state index in [0.29, 0.717) is 0 Å². The van der Waals surface area contributed by atoms with E-state index in [2.05, 4.69) is 194 Å². The van der Waals surface area contributed by atoms with Gasteiger partial charge in [0.1, 0.15) is 22.3 Å². The average molecular weight is 761 g/mol. The van der Waals surface area contributed by atoms with Gasteiger partial charge in [-0.15, -0.1) is 0 Å². The van der Waals surface area contributed by atoms with Crippen molar-refractivity contribution in [1.29, 1.82) is 0 Å². The number of hydrogen-bond donors (Lipinski definition) is 0. The fourth-order valence-corrected chi connectivity index (χ4v) is 10.5. The van der Waals surface area contributed by atoms with Crippen LogP contribution in [-0.4, -0.2) is 0 Å². The van der Waals surface area contributed by atoms with E-state index >= 15 is 0 Å². The normalized spacial score (nSPS) is 12.3. The van der Waals surface area contributed by atoms with Gasteiger partial charge in [0.2, 0.25) is 0 Å². The van der Waals surface area contributed by atoms with Crippen LogP contribution in [-0.2, 0) is 0 Å². The zero-order valence-corrected chi connectivity index (χ0v) is 32.3. The number of benzene rings is 12. The van der Waals surface area contributed by atoms with Crippen molar-refractivity contribution in [2.24, 2.45) is 0 Å². The van der Waals surface area contributed by atoms with Crippen molar-refractivity contribution < 1.29 is 8.83 Å². The predicted molar refractivity (Wildman–Crippen MR) is 254 cm³/mol. The lowest BCUT2D eigenvalue weighted by Gasteiger charge is -2.17. The SMILES string of the molecule is c1ccc2cc3c(cc2c1)oc1ccc(-c2c4ccccc4c(-c4ccc5c(c4)oc4cc6c7ccccc7c7c8ccccc8ccc7c6cc45)c4ccccc24)cc13. The summed E-state index contributed by atoms with van der Waals surface area (Å²) in [5, 5.41) is 21.8. The van der Waals surface area contributed by atoms with Gasteiger partial charge in [-0.1, -0.05) is 146 Å². The van der Waals surface area contributed by atoms with E-state index in [9.17, 15) is 0 Å². The van der Waals surface area contributed by atoms with Crippen LogP contribution in [0.15, 0.2) is 203 Å². The van der Waals surface area contributed by atoms with E-state index in [1.165, 1.54) is 92.1 Å². The van der Waals surface area contributed by atoms with Gasteiger partial charge in [-0.25, -0.2) is 0 Å². The summed E-state index contributed by atoms with van der Waals surface area (Å²) in [7, 11) is 0. The molecule has 2 nitrogen and oxygen atoms in total. The van der Waals surface area contributed by atoms with Crippen molar-refractivity contribution in [2.75, 3.05) is 0 Å². The zero-order valence-electron chi connectivity index (χ0n) is 32.3. The molecule has 0 N–H and O–H groups in total. The molecule has 14 rings (SSSR count). The standard InChI is InChI=1S/C58H32O2/c1-2-13-35-29-54-50(27-34(35)12-1)49-28-36(23-26-52(49)59-54)56-42-17-7-9-19-44(42)57(45-20-10-8-18-43(45)56)37-22-24-40-51-31-47-46-25-21-33-11-3-4-14-38(33)58(46)41-16-6-5-15-39(41)48(47)32-55(51)60-53(40)30-37/h1-32H. The Morgan fingerprint density at radius 1 is 0.217 bits per heavy atom. The fraction of sp³-hybridized carbons (Fsp3) is 0. The van der Waals surface area contributed by atoms with Crippen LogP contribution in [0.25, 0.3) is 142 Å². The molecule has 2 heteroatoms. The maximum absolute atomic E-state index is 6.86. The number of fused-ring (bicyclic) bond motifs is 17. The van der Waals surface area contributed by atoms with Crippen LogP contribution in [0.5, 0.6) is 0 Å². The predicted octanol–water partition coefficient (Wildman–Crippen LogP) is 16.9. The van der Waals surface area contributed by atoms with E-state index < -0.39 is 0 Å². The molecule has 0 aliphatic rings. The summed E-state index contributed by atoms with van der Waals surface area (Å²) in [4.78, 5) is 0. The van der Waals surface area contributed by atoms with E-state index in [4.69, 9.17) is 8.83 Å². The van der Waals surface area contributed by atoms with Crippen molar-refractivity contribution >= 4 is 119 Å². The molecule has 0 aliphatic heterocycles. The minimum absolute atomic E-state index is 0.888. The quantitative estimate of drug-likeness (QED) is 0.130. The lowest BCUT2D eigenvalue weighted by atomic mass is 9.85. The van der Waals surface area contributed by atoms with Gasteiger partial charge in [-0.2, -0.15) is 0 Å². The van der Waals surface area contributed by atoms with E-state index in [1.807, 2.05) is 0 Å². The fourth-order valence-electron chi connectivity index (χ4n) is 10.5. The molecule has 60 heavy (non-hydrogen) atoms. The molecule has 0 aliphatic carbocycles. The molecule has 276 valence electrons. The number of rotatable bonds is 2. The third-order valence-corrected chi connectivity index (χ3v) is 13.2. The van der Waals surface area contributed by atoms with Gasteiger partial charge in [0.15, 0.2) is 0 Å². The molecule has 2 heterocycles. The molecular weight excluding hydrogens is 729 g/mol. The minimum atomic E-state index is 0.888. The Hall–Kier alpha value is -7.94. The molecular formula is C58H32O2. The van der Waals surface area contributed by atoms with Gasteiger partial charge in [-0.05, 0) is 146 Å². The molecule has 0 radical (unpaired) electrons. The molecule has 2 aromatic heterocycles. The van der Waals surface area contributed by atoms with Crippen molar-refractivity contribution in [1.82, 2.24) is 0 Å².